The van der Waals surface area contributed by atoms with Crippen LogP contribution in [0.1, 0.15) is 33.1 Å². The summed E-state index contributed by atoms with van der Waals surface area (Å²) < 4.78 is 15.9. The summed E-state index contributed by atoms with van der Waals surface area (Å²) in [5.41, 5.74) is 0. The zero-order valence-electron chi connectivity index (χ0n) is 8.27. The summed E-state index contributed by atoms with van der Waals surface area (Å²) in [5.74, 6) is 0. The van der Waals surface area contributed by atoms with E-state index < -0.39 is 7.60 Å². The Hall–Kier alpha value is 0.110. The lowest BCUT2D eigenvalue weighted by Crippen LogP contribution is -2.17. The van der Waals surface area contributed by atoms with Gasteiger partial charge in [0.2, 0.25) is 0 Å². The molecule has 0 aromatic heterocycles. The molecule has 0 spiro atoms. The van der Waals surface area contributed by atoms with Gasteiger partial charge in [-0.3, -0.25) is 4.57 Å². The van der Waals surface area contributed by atoms with Gasteiger partial charge in [0.05, 0.1) is 12.3 Å². The smallest absolute Gasteiger partial charge is 0.328 e. The highest BCUT2D eigenvalue weighted by atomic mass is 31.2. The molecule has 0 aromatic carbocycles. The summed E-state index contributed by atoms with van der Waals surface area (Å²) in [5, 5.41) is 0. The second kappa shape index (κ2) is 6.55. The van der Waals surface area contributed by atoms with Crippen molar-refractivity contribution in [3.63, 3.8) is 0 Å². The van der Waals surface area contributed by atoms with Crippen LogP contribution < -0.4 is 0 Å². The van der Waals surface area contributed by atoms with Crippen LogP contribution in [0.5, 0.6) is 0 Å². The van der Waals surface area contributed by atoms with Crippen molar-refractivity contribution in [3.05, 3.63) is 0 Å². The lowest BCUT2D eigenvalue weighted by molar-refractivity contribution is 0.0675. The highest BCUT2D eigenvalue weighted by Crippen LogP contribution is 2.36. The van der Waals surface area contributed by atoms with E-state index in [1.54, 1.807) is 0 Å². The fourth-order valence-electron chi connectivity index (χ4n) is 1.16. The van der Waals surface area contributed by atoms with Crippen LogP contribution in [0.25, 0.3) is 0 Å². The van der Waals surface area contributed by atoms with Gasteiger partial charge in [-0.15, -0.1) is 0 Å². The summed E-state index contributed by atoms with van der Waals surface area (Å²) in [6, 6.07) is 0. The van der Waals surface area contributed by atoms with E-state index in [0.717, 1.165) is 19.3 Å². The van der Waals surface area contributed by atoms with Gasteiger partial charge in [-0.1, -0.05) is 19.8 Å². The summed E-state index contributed by atoms with van der Waals surface area (Å²) in [6.07, 6.45) is 2.26. The molecule has 0 rings (SSSR count). The molecular formula is C8H19O4P. The molecule has 0 aliphatic rings. The monoisotopic (exact) mass is 210 g/mol. The van der Waals surface area contributed by atoms with Crippen LogP contribution in [0.4, 0.5) is 0 Å². The fraction of sp³-hybridized carbons (Fsp3) is 1.00. The molecule has 0 heterocycles. The Morgan fingerprint density at radius 3 is 2.38 bits per heavy atom. The standard InChI is InChI=1S/C8H19O4P/c1-3-5-6-8(12-4-2)7-13(9,10)11/h8H,3-7H2,1-2H3,(H2,9,10,11). The van der Waals surface area contributed by atoms with Crippen molar-refractivity contribution in [3.8, 4) is 0 Å². The predicted molar refractivity (Wildman–Crippen MR) is 51.9 cm³/mol. The van der Waals surface area contributed by atoms with Crippen LogP contribution in [0.15, 0.2) is 0 Å². The van der Waals surface area contributed by atoms with Crippen molar-refractivity contribution >= 4 is 7.60 Å². The first-order chi connectivity index (χ1) is 5.99. The third kappa shape index (κ3) is 8.44. The fourth-order valence-corrected chi connectivity index (χ4v) is 1.98. The highest BCUT2D eigenvalue weighted by Gasteiger charge is 2.21. The van der Waals surface area contributed by atoms with Gasteiger partial charge in [0, 0.05) is 6.61 Å². The molecular weight excluding hydrogens is 191 g/mol. The Kier molecular flexibility index (Phi) is 6.60. The van der Waals surface area contributed by atoms with E-state index in [1.165, 1.54) is 0 Å². The number of hydrogen-bond acceptors (Lipinski definition) is 2. The molecule has 0 aromatic rings. The molecule has 0 fully saturated rings. The maximum atomic E-state index is 10.7. The molecule has 0 amide bonds. The van der Waals surface area contributed by atoms with Crippen LogP contribution in [0.2, 0.25) is 0 Å². The van der Waals surface area contributed by atoms with Crippen LogP contribution in [-0.2, 0) is 9.30 Å². The minimum absolute atomic E-state index is 0.152. The minimum atomic E-state index is -3.92. The van der Waals surface area contributed by atoms with Gasteiger partial charge < -0.3 is 14.5 Å². The van der Waals surface area contributed by atoms with E-state index in [4.69, 9.17) is 14.5 Å². The van der Waals surface area contributed by atoms with Crippen LogP contribution in [-0.4, -0.2) is 28.7 Å². The molecule has 80 valence electrons. The quantitative estimate of drug-likeness (QED) is 0.628. The third-order valence-electron chi connectivity index (χ3n) is 1.72. The average Bonchev–Trinajstić information content (AvgIpc) is 1.98. The summed E-state index contributed by atoms with van der Waals surface area (Å²) in [6.45, 7) is 4.38. The molecule has 1 atom stereocenters. The van der Waals surface area contributed by atoms with Crippen LogP contribution >= 0.6 is 7.60 Å². The molecule has 2 N–H and O–H groups in total. The summed E-state index contributed by atoms with van der Waals surface area (Å²) >= 11 is 0. The molecule has 0 bridgehead atoms. The Balaban J connectivity index is 3.86. The number of ether oxygens (including phenoxy) is 1. The SMILES string of the molecule is CCCCC(CP(=O)(O)O)OCC. The Morgan fingerprint density at radius 2 is 2.00 bits per heavy atom. The predicted octanol–water partition coefficient (Wildman–Crippen LogP) is 1.76. The average molecular weight is 210 g/mol. The normalized spacial score (nSPS) is 14.5. The zero-order chi connectivity index (χ0) is 10.3. The minimum Gasteiger partial charge on any atom is -0.378 e. The Labute approximate surface area is 79.5 Å². The number of unbranched alkanes of at least 4 members (excludes halogenated alkanes) is 1. The molecule has 0 radical (unpaired) electrons. The van der Waals surface area contributed by atoms with Crippen molar-refractivity contribution in [2.75, 3.05) is 12.8 Å². The maximum Gasteiger partial charge on any atom is 0.328 e. The topological polar surface area (TPSA) is 66.8 Å². The van der Waals surface area contributed by atoms with Gasteiger partial charge in [-0.05, 0) is 13.3 Å². The number of rotatable bonds is 7. The van der Waals surface area contributed by atoms with Crippen molar-refractivity contribution in [1.29, 1.82) is 0 Å². The lowest BCUT2D eigenvalue weighted by atomic mass is 10.2. The largest absolute Gasteiger partial charge is 0.378 e. The molecule has 1 unspecified atom stereocenters. The van der Waals surface area contributed by atoms with Gasteiger partial charge in [0.25, 0.3) is 0 Å². The molecule has 0 aliphatic carbocycles. The van der Waals surface area contributed by atoms with Gasteiger partial charge in [-0.2, -0.15) is 0 Å². The maximum absolute atomic E-state index is 10.7. The second-order valence-corrected chi connectivity index (χ2v) is 4.76. The molecule has 0 saturated heterocycles. The van der Waals surface area contributed by atoms with Crippen molar-refractivity contribution < 1.29 is 19.1 Å². The number of hydrogen-bond donors (Lipinski definition) is 2. The summed E-state index contributed by atoms with van der Waals surface area (Å²) in [7, 11) is -3.92. The first-order valence-electron chi connectivity index (χ1n) is 4.65. The van der Waals surface area contributed by atoms with E-state index in [0.29, 0.717) is 6.61 Å². The van der Waals surface area contributed by atoms with E-state index in [1.807, 2.05) is 13.8 Å². The van der Waals surface area contributed by atoms with E-state index in [9.17, 15) is 4.57 Å². The zero-order valence-corrected chi connectivity index (χ0v) is 9.17. The Bertz CT molecular complexity index is 166. The molecule has 4 nitrogen and oxygen atoms in total. The lowest BCUT2D eigenvalue weighted by Gasteiger charge is -2.16. The molecule has 5 heteroatoms. The van der Waals surface area contributed by atoms with Crippen molar-refractivity contribution in [1.82, 2.24) is 0 Å². The first kappa shape index (κ1) is 13.1. The van der Waals surface area contributed by atoms with Gasteiger partial charge in [0.1, 0.15) is 0 Å². The second-order valence-electron chi connectivity index (χ2n) is 3.07. The van der Waals surface area contributed by atoms with Gasteiger partial charge >= 0.3 is 7.60 Å². The highest BCUT2D eigenvalue weighted by molar-refractivity contribution is 7.51. The van der Waals surface area contributed by atoms with Crippen molar-refractivity contribution in [2.24, 2.45) is 0 Å². The molecule has 0 aliphatic heterocycles. The van der Waals surface area contributed by atoms with E-state index >= 15 is 0 Å². The third-order valence-corrected chi connectivity index (χ3v) is 2.61. The Morgan fingerprint density at radius 1 is 1.38 bits per heavy atom. The summed E-state index contributed by atoms with van der Waals surface area (Å²) in [4.78, 5) is 17.5. The van der Waals surface area contributed by atoms with Crippen molar-refractivity contribution in [2.45, 2.75) is 39.2 Å². The van der Waals surface area contributed by atoms with Crippen LogP contribution in [0.3, 0.4) is 0 Å². The van der Waals surface area contributed by atoms with E-state index in [2.05, 4.69) is 0 Å². The van der Waals surface area contributed by atoms with E-state index in [-0.39, 0.29) is 12.3 Å². The van der Waals surface area contributed by atoms with Gasteiger partial charge in [0.15, 0.2) is 0 Å². The molecule has 0 saturated carbocycles. The molecule has 13 heavy (non-hydrogen) atoms. The van der Waals surface area contributed by atoms with Gasteiger partial charge in [-0.25, -0.2) is 0 Å². The first-order valence-corrected chi connectivity index (χ1v) is 6.45. The van der Waals surface area contributed by atoms with Crippen LogP contribution in [0, 0.1) is 0 Å².